The lowest BCUT2D eigenvalue weighted by molar-refractivity contribution is 0.269. The van der Waals surface area contributed by atoms with Crippen molar-refractivity contribution < 1.29 is 13.5 Å². The van der Waals surface area contributed by atoms with Gasteiger partial charge in [-0.1, -0.05) is 6.92 Å². The maximum absolute atomic E-state index is 12.4. The molecule has 1 aromatic rings. The quantitative estimate of drug-likeness (QED) is 0.845. The summed E-state index contributed by atoms with van der Waals surface area (Å²) in [6.07, 6.45) is 2.81. The van der Waals surface area contributed by atoms with Crippen LogP contribution in [0.3, 0.4) is 0 Å². The minimum Gasteiger partial charge on any atom is -0.394 e. The zero-order valence-electron chi connectivity index (χ0n) is 10.2. The Kier molecular flexibility index (Phi) is 4.31. The Balaban J connectivity index is 2.18. The maximum atomic E-state index is 12.4. The Morgan fingerprint density at radius 3 is 3.06 bits per heavy atom. The lowest BCUT2D eigenvalue weighted by Gasteiger charge is -2.29. The monoisotopic (exact) mass is 291 g/mol. The summed E-state index contributed by atoms with van der Waals surface area (Å²) in [7, 11) is -3.44. The Morgan fingerprint density at radius 2 is 2.39 bits per heavy atom. The van der Waals surface area contributed by atoms with Gasteiger partial charge in [0.05, 0.1) is 19.3 Å². The molecule has 1 unspecified atom stereocenters. The van der Waals surface area contributed by atoms with Crippen molar-refractivity contribution >= 4 is 21.8 Å². The zero-order valence-corrected chi connectivity index (χ0v) is 11.8. The highest BCUT2D eigenvalue weighted by Crippen LogP contribution is 2.23. The molecule has 1 aromatic heterocycles. The lowest BCUT2D eigenvalue weighted by Crippen LogP contribution is -2.40. The maximum Gasteiger partial charge on any atom is 0.246 e. The van der Waals surface area contributed by atoms with Gasteiger partial charge in [-0.25, -0.2) is 8.42 Å². The van der Waals surface area contributed by atoms with E-state index in [0.717, 1.165) is 5.75 Å². The number of hydrogen-bond donors (Lipinski definition) is 1. The molecule has 0 spiro atoms. The van der Waals surface area contributed by atoms with Crippen LogP contribution in [0.25, 0.3) is 0 Å². The van der Waals surface area contributed by atoms with Gasteiger partial charge in [-0.15, -0.1) is 0 Å². The van der Waals surface area contributed by atoms with Crippen LogP contribution in [0.1, 0.15) is 6.92 Å². The molecule has 0 radical (unpaired) electrons. The second-order valence-electron chi connectivity index (χ2n) is 4.21. The smallest absolute Gasteiger partial charge is 0.246 e. The Labute approximate surface area is 111 Å². The first-order chi connectivity index (χ1) is 8.54. The molecule has 2 heterocycles. The van der Waals surface area contributed by atoms with E-state index >= 15 is 0 Å². The topological polar surface area (TPSA) is 75.4 Å². The SMILES string of the molecule is CC1CN(S(=O)(=O)c2cnn(CCO)c2)CCS1. The first-order valence-corrected chi connectivity index (χ1v) is 8.28. The molecule has 6 nitrogen and oxygen atoms in total. The van der Waals surface area contributed by atoms with Gasteiger partial charge in [0.15, 0.2) is 0 Å². The normalized spacial score (nSPS) is 22.2. The third-order valence-corrected chi connectivity index (χ3v) is 5.73. The fourth-order valence-corrected chi connectivity index (χ4v) is 4.56. The van der Waals surface area contributed by atoms with E-state index in [1.807, 2.05) is 6.92 Å². The van der Waals surface area contributed by atoms with Crippen molar-refractivity contribution in [3.8, 4) is 0 Å². The standard InChI is InChI=1S/C10H17N3O3S2/c1-9-7-13(3-5-17-9)18(15,16)10-6-11-12(8-10)2-4-14/h6,8-9,14H,2-5,7H2,1H3. The van der Waals surface area contributed by atoms with E-state index in [4.69, 9.17) is 5.11 Å². The number of aliphatic hydroxyl groups excluding tert-OH is 1. The summed E-state index contributed by atoms with van der Waals surface area (Å²) in [5, 5.41) is 13.0. The van der Waals surface area contributed by atoms with Crippen LogP contribution in [0, 0.1) is 0 Å². The number of thioether (sulfide) groups is 1. The molecule has 1 atom stereocenters. The third kappa shape index (κ3) is 2.87. The number of aromatic nitrogens is 2. The van der Waals surface area contributed by atoms with Crippen molar-refractivity contribution in [1.82, 2.24) is 14.1 Å². The van der Waals surface area contributed by atoms with E-state index in [1.54, 1.807) is 11.8 Å². The third-order valence-electron chi connectivity index (χ3n) is 2.78. The largest absolute Gasteiger partial charge is 0.394 e. The molecule has 0 aromatic carbocycles. The van der Waals surface area contributed by atoms with E-state index < -0.39 is 10.0 Å². The molecule has 1 N–H and O–H groups in total. The average molecular weight is 291 g/mol. The summed E-state index contributed by atoms with van der Waals surface area (Å²) in [6, 6.07) is 0. The molecule has 0 saturated carbocycles. The molecule has 18 heavy (non-hydrogen) atoms. The van der Waals surface area contributed by atoms with Crippen LogP contribution < -0.4 is 0 Å². The molecule has 1 aliphatic rings. The first-order valence-electron chi connectivity index (χ1n) is 5.79. The predicted molar refractivity (Wildman–Crippen MR) is 70.0 cm³/mol. The summed E-state index contributed by atoms with van der Waals surface area (Å²) >= 11 is 1.79. The van der Waals surface area contributed by atoms with E-state index in [2.05, 4.69) is 5.10 Å². The van der Waals surface area contributed by atoms with Gasteiger partial charge in [-0.2, -0.15) is 21.2 Å². The fraction of sp³-hybridized carbons (Fsp3) is 0.700. The molecule has 2 rings (SSSR count). The molecule has 0 amide bonds. The van der Waals surface area contributed by atoms with Gasteiger partial charge < -0.3 is 5.11 Å². The number of rotatable bonds is 4. The van der Waals surface area contributed by atoms with Gasteiger partial charge in [-0.05, 0) is 0 Å². The van der Waals surface area contributed by atoms with Crippen molar-refractivity contribution in [2.45, 2.75) is 23.6 Å². The summed E-state index contributed by atoms with van der Waals surface area (Å²) in [5.41, 5.74) is 0. The molecule has 0 aliphatic carbocycles. The van der Waals surface area contributed by atoms with E-state index in [9.17, 15) is 8.42 Å². The summed E-state index contributed by atoms with van der Waals surface area (Å²) < 4.78 is 27.7. The lowest BCUT2D eigenvalue weighted by atomic mass is 10.4. The van der Waals surface area contributed by atoms with Crippen LogP contribution in [0.5, 0.6) is 0 Å². The minimum absolute atomic E-state index is 0.0570. The highest BCUT2D eigenvalue weighted by atomic mass is 32.2. The van der Waals surface area contributed by atoms with Gasteiger partial charge in [0.25, 0.3) is 0 Å². The number of sulfonamides is 1. The molecule has 0 bridgehead atoms. The second-order valence-corrected chi connectivity index (χ2v) is 7.69. The van der Waals surface area contributed by atoms with Gasteiger partial charge in [0.1, 0.15) is 4.90 Å². The van der Waals surface area contributed by atoms with Crippen molar-refractivity contribution in [2.75, 3.05) is 25.4 Å². The van der Waals surface area contributed by atoms with Crippen LogP contribution in [-0.4, -0.2) is 58.3 Å². The summed E-state index contributed by atoms with van der Waals surface area (Å²) in [6.45, 7) is 3.36. The predicted octanol–water partition coefficient (Wildman–Crippen LogP) is 0.00140. The molecular weight excluding hydrogens is 274 g/mol. The van der Waals surface area contributed by atoms with Crippen LogP contribution >= 0.6 is 11.8 Å². The molecular formula is C10H17N3O3S2. The van der Waals surface area contributed by atoms with Crippen LogP contribution in [0.4, 0.5) is 0 Å². The van der Waals surface area contributed by atoms with Crippen molar-refractivity contribution in [2.24, 2.45) is 0 Å². The van der Waals surface area contributed by atoms with Crippen molar-refractivity contribution in [1.29, 1.82) is 0 Å². The average Bonchev–Trinajstić information content (AvgIpc) is 2.79. The Morgan fingerprint density at radius 1 is 1.61 bits per heavy atom. The highest BCUT2D eigenvalue weighted by Gasteiger charge is 2.29. The first kappa shape index (κ1) is 13.9. The second kappa shape index (κ2) is 5.60. The number of nitrogens with zero attached hydrogens (tertiary/aromatic N) is 3. The molecule has 1 fully saturated rings. The number of hydrogen-bond acceptors (Lipinski definition) is 5. The fourth-order valence-electron chi connectivity index (χ4n) is 1.86. The van der Waals surface area contributed by atoms with Gasteiger partial charge in [0.2, 0.25) is 10.0 Å². The van der Waals surface area contributed by atoms with E-state index in [1.165, 1.54) is 21.4 Å². The van der Waals surface area contributed by atoms with Crippen molar-refractivity contribution in [3.05, 3.63) is 12.4 Å². The van der Waals surface area contributed by atoms with Crippen LogP contribution in [0.2, 0.25) is 0 Å². The number of aliphatic hydroxyl groups is 1. The minimum atomic E-state index is -3.44. The highest BCUT2D eigenvalue weighted by molar-refractivity contribution is 8.00. The van der Waals surface area contributed by atoms with Gasteiger partial charge in [-0.3, -0.25) is 4.68 Å². The molecule has 1 saturated heterocycles. The Bertz CT molecular complexity index is 500. The zero-order chi connectivity index (χ0) is 13.2. The molecule has 1 aliphatic heterocycles. The van der Waals surface area contributed by atoms with Crippen LogP contribution in [-0.2, 0) is 16.6 Å². The van der Waals surface area contributed by atoms with Gasteiger partial charge >= 0.3 is 0 Å². The Hall–Kier alpha value is -0.570. The summed E-state index contributed by atoms with van der Waals surface area (Å²) in [4.78, 5) is 0.204. The van der Waals surface area contributed by atoms with Crippen LogP contribution in [0.15, 0.2) is 17.3 Å². The molecule has 8 heteroatoms. The molecule has 102 valence electrons. The van der Waals surface area contributed by atoms with Gasteiger partial charge in [0, 0.05) is 30.3 Å². The van der Waals surface area contributed by atoms with Crippen molar-refractivity contribution in [3.63, 3.8) is 0 Å². The van der Waals surface area contributed by atoms with E-state index in [0.29, 0.717) is 24.9 Å². The summed E-state index contributed by atoms with van der Waals surface area (Å²) in [5.74, 6) is 0.825. The van der Waals surface area contributed by atoms with E-state index in [-0.39, 0.29) is 11.5 Å².